The van der Waals surface area contributed by atoms with Crippen LogP contribution in [0.2, 0.25) is 0 Å². The monoisotopic (exact) mass is 324 g/mol. The van der Waals surface area contributed by atoms with Crippen molar-refractivity contribution in [2.75, 3.05) is 36.8 Å². The van der Waals surface area contributed by atoms with Gasteiger partial charge in [0.25, 0.3) is 0 Å². The highest BCUT2D eigenvalue weighted by molar-refractivity contribution is 7.89. The number of aromatic nitrogens is 2. The van der Waals surface area contributed by atoms with Gasteiger partial charge in [0, 0.05) is 31.6 Å². The van der Waals surface area contributed by atoms with Crippen LogP contribution in [0.4, 0.5) is 5.82 Å². The maximum Gasteiger partial charge on any atom is 0.213 e. The number of aryl methyl sites for hydroxylation is 1. The molecule has 1 atom stereocenters. The van der Waals surface area contributed by atoms with E-state index in [2.05, 4.69) is 15.1 Å². The Morgan fingerprint density at radius 1 is 1.18 bits per heavy atom. The van der Waals surface area contributed by atoms with Gasteiger partial charge in [0.15, 0.2) is 5.82 Å². The smallest absolute Gasteiger partial charge is 0.213 e. The molecule has 1 aromatic heterocycles. The highest BCUT2D eigenvalue weighted by atomic mass is 32.2. The number of anilines is 1. The average molecular weight is 324 g/mol. The van der Waals surface area contributed by atoms with E-state index in [1.807, 2.05) is 19.1 Å². The number of rotatable bonds is 3. The van der Waals surface area contributed by atoms with Gasteiger partial charge in [-0.15, -0.1) is 5.10 Å². The van der Waals surface area contributed by atoms with Crippen LogP contribution < -0.4 is 4.90 Å². The molecule has 7 heteroatoms. The van der Waals surface area contributed by atoms with E-state index in [-0.39, 0.29) is 11.2 Å². The first-order chi connectivity index (χ1) is 10.4. The molecule has 2 aliphatic heterocycles. The summed E-state index contributed by atoms with van der Waals surface area (Å²) in [5.41, 5.74) is 0.990. The minimum atomic E-state index is -3.07. The second-order valence-electron chi connectivity index (χ2n) is 6.54. The van der Waals surface area contributed by atoms with Crippen LogP contribution in [0.5, 0.6) is 0 Å². The van der Waals surface area contributed by atoms with Crippen LogP contribution in [0.1, 0.15) is 31.9 Å². The Hall–Kier alpha value is -1.21. The van der Waals surface area contributed by atoms with Crippen molar-refractivity contribution in [3.8, 4) is 0 Å². The normalized spacial score (nSPS) is 26.7. The second kappa shape index (κ2) is 5.77. The van der Waals surface area contributed by atoms with Gasteiger partial charge >= 0.3 is 0 Å². The molecular weight excluding hydrogens is 300 g/mol. The summed E-state index contributed by atoms with van der Waals surface area (Å²) in [6.45, 7) is 6.80. The lowest BCUT2D eigenvalue weighted by Gasteiger charge is -2.40. The van der Waals surface area contributed by atoms with Gasteiger partial charge in [0.2, 0.25) is 10.0 Å². The standard InChI is InChI=1S/C15H24N4O2S/c1-3-22(20,21)19-10-8-15(12-19)7-4-9-18(11-15)14-6-5-13(2)16-17-14/h5-6H,3-4,7-12H2,1-2H3/t15-/m0/s1. The third-order valence-corrected chi connectivity index (χ3v) is 6.76. The van der Waals surface area contributed by atoms with E-state index in [1.165, 1.54) is 0 Å². The van der Waals surface area contributed by atoms with Gasteiger partial charge in [0.05, 0.1) is 11.4 Å². The molecule has 6 nitrogen and oxygen atoms in total. The summed E-state index contributed by atoms with van der Waals surface area (Å²) in [7, 11) is -3.07. The van der Waals surface area contributed by atoms with Crippen molar-refractivity contribution < 1.29 is 8.42 Å². The van der Waals surface area contributed by atoms with Crippen molar-refractivity contribution in [3.05, 3.63) is 17.8 Å². The molecule has 0 unspecified atom stereocenters. The van der Waals surface area contributed by atoms with Gasteiger partial charge in [-0.3, -0.25) is 0 Å². The number of hydrogen-bond acceptors (Lipinski definition) is 5. The zero-order valence-corrected chi connectivity index (χ0v) is 14.1. The Labute approximate surface area is 132 Å². The fourth-order valence-electron chi connectivity index (χ4n) is 3.61. The van der Waals surface area contributed by atoms with Crippen molar-refractivity contribution >= 4 is 15.8 Å². The van der Waals surface area contributed by atoms with Crippen LogP contribution in [0.15, 0.2) is 12.1 Å². The molecule has 22 heavy (non-hydrogen) atoms. The zero-order valence-electron chi connectivity index (χ0n) is 13.3. The van der Waals surface area contributed by atoms with E-state index in [1.54, 1.807) is 11.2 Å². The predicted octanol–water partition coefficient (Wildman–Crippen LogP) is 1.43. The molecule has 3 heterocycles. The van der Waals surface area contributed by atoms with Crippen LogP contribution in [0.3, 0.4) is 0 Å². The van der Waals surface area contributed by atoms with E-state index < -0.39 is 10.0 Å². The van der Waals surface area contributed by atoms with Gasteiger partial charge < -0.3 is 4.90 Å². The number of sulfonamides is 1. The van der Waals surface area contributed by atoms with Crippen LogP contribution in [0.25, 0.3) is 0 Å². The van der Waals surface area contributed by atoms with Gasteiger partial charge in [-0.1, -0.05) is 0 Å². The lowest BCUT2D eigenvalue weighted by Crippen LogP contribution is -2.46. The van der Waals surface area contributed by atoms with Crippen molar-refractivity contribution in [1.82, 2.24) is 14.5 Å². The molecule has 2 aliphatic rings. The SMILES string of the molecule is CCS(=O)(=O)N1CC[C@]2(CCCN(c3ccc(C)nn3)C2)C1. The van der Waals surface area contributed by atoms with E-state index in [0.29, 0.717) is 13.1 Å². The van der Waals surface area contributed by atoms with E-state index >= 15 is 0 Å². The van der Waals surface area contributed by atoms with Crippen molar-refractivity contribution in [2.24, 2.45) is 5.41 Å². The third kappa shape index (κ3) is 2.96. The molecule has 0 bridgehead atoms. The Morgan fingerprint density at radius 3 is 2.68 bits per heavy atom. The fraction of sp³-hybridized carbons (Fsp3) is 0.733. The number of nitrogens with zero attached hydrogens (tertiary/aromatic N) is 4. The largest absolute Gasteiger partial charge is 0.355 e. The summed E-state index contributed by atoms with van der Waals surface area (Å²) in [6.07, 6.45) is 3.12. The molecular formula is C15H24N4O2S. The summed E-state index contributed by atoms with van der Waals surface area (Å²) < 4.78 is 25.9. The van der Waals surface area contributed by atoms with Gasteiger partial charge in [-0.05, 0) is 45.2 Å². The van der Waals surface area contributed by atoms with E-state index in [0.717, 1.165) is 43.9 Å². The van der Waals surface area contributed by atoms with Gasteiger partial charge in [-0.25, -0.2) is 12.7 Å². The van der Waals surface area contributed by atoms with Crippen molar-refractivity contribution in [1.29, 1.82) is 0 Å². The van der Waals surface area contributed by atoms with Crippen LogP contribution in [-0.4, -0.2) is 54.9 Å². The Balaban J connectivity index is 1.75. The molecule has 1 spiro atoms. The van der Waals surface area contributed by atoms with Crippen LogP contribution >= 0.6 is 0 Å². The highest BCUT2D eigenvalue weighted by Gasteiger charge is 2.44. The predicted molar refractivity (Wildman–Crippen MR) is 86.3 cm³/mol. The Morgan fingerprint density at radius 2 is 2.00 bits per heavy atom. The molecule has 2 saturated heterocycles. The first-order valence-corrected chi connectivity index (χ1v) is 9.58. The third-order valence-electron chi connectivity index (χ3n) is 4.93. The lowest BCUT2D eigenvalue weighted by molar-refractivity contribution is 0.246. The molecule has 0 aromatic carbocycles. The minimum absolute atomic E-state index is 0.0764. The van der Waals surface area contributed by atoms with Crippen molar-refractivity contribution in [3.63, 3.8) is 0 Å². The van der Waals surface area contributed by atoms with Crippen molar-refractivity contribution in [2.45, 2.75) is 33.1 Å². The maximum absolute atomic E-state index is 12.1. The Bertz CT molecular complexity index is 631. The molecule has 3 rings (SSSR count). The second-order valence-corrected chi connectivity index (χ2v) is 8.80. The topological polar surface area (TPSA) is 66.4 Å². The summed E-state index contributed by atoms with van der Waals surface area (Å²) in [5, 5.41) is 8.42. The van der Waals surface area contributed by atoms with Gasteiger partial charge in [0.1, 0.15) is 0 Å². The molecule has 1 aromatic rings. The maximum atomic E-state index is 12.1. The van der Waals surface area contributed by atoms with Gasteiger partial charge in [-0.2, -0.15) is 5.10 Å². The zero-order chi connectivity index (χ0) is 15.8. The van der Waals surface area contributed by atoms with Crippen LogP contribution in [0, 0.1) is 12.3 Å². The highest BCUT2D eigenvalue weighted by Crippen LogP contribution is 2.40. The first-order valence-electron chi connectivity index (χ1n) is 7.97. The summed E-state index contributed by atoms with van der Waals surface area (Å²) in [4.78, 5) is 2.26. The summed E-state index contributed by atoms with van der Waals surface area (Å²) in [5.74, 6) is 1.09. The summed E-state index contributed by atoms with van der Waals surface area (Å²) in [6, 6.07) is 3.99. The molecule has 122 valence electrons. The molecule has 0 saturated carbocycles. The molecule has 2 fully saturated rings. The molecule has 0 radical (unpaired) electrons. The lowest BCUT2D eigenvalue weighted by atomic mass is 9.79. The molecule has 0 aliphatic carbocycles. The fourth-order valence-corrected chi connectivity index (χ4v) is 4.82. The quantitative estimate of drug-likeness (QED) is 0.841. The first kappa shape index (κ1) is 15.7. The van der Waals surface area contributed by atoms with Crippen LogP contribution in [-0.2, 0) is 10.0 Å². The summed E-state index contributed by atoms with van der Waals surface area (Å²) >= 11 is 0. The average Bonchev–Trinajstić information content (AvgIpc) is 2.92. The Kier molecular flexibility index (Phi) is 4.11. The number of piperidine rings is 1. The van der Waals surface area contributed by atoms with E-state index in [4.69, 9.17) is 0 Å². The number of hydrogen-bond donors (Lipinski definition) is 0. The minimum Gasteiger partial charge on any atom is -0.355 e. The van der Waals surface area contributed by atoms with E-state index in [9.17, 15) is 8.42 Å². The molecule has 0 N–H and O–H groups in total. The molecule has 0 amide bonds.